The van der Waals surface area contributed by atoms with Crippen LogP contribution < -0.4 is 16.0 Å². The van der Waals surface area contributed by atoms with Crippen LogP contribution in [0, 0.1) is 25.2 Å². The number of hydrogen-bond acceptors (Lipinski definition) is 6. The molecular formula is C29H36N4O5. The lowest BCUT2D eigenvalue weighted by atomic mass is 9.95. The minimum absolute atomic E-state index is 0.113. The fraction of sp³-hybridized carbons (Fsp3) is 0.379. The van der Waals surface area contributed by atoms with Gasteiger partial charge in [0.1, 0.15) is 23.4 Å². The van der Waals surface area contributed by atoms with Gasteiger partial charge in [-0.2, -0.15) is 5.26 Å². The van der Waals surface area contributed by atoms with E-state index in [1.165, 1.54) is 6.20 Å². The Morgan fingerprint density at radius 2 is 1.66 bits per heavy atom. The number of phenolic OH excluding ortho intramolecular Hbond substituents is 1. The van der Waals surface area contributed by atoms with Gasteiger partial charge in [0.15, 0.2) is 0 Å². The lowest BCUT2D eigenvalue weighted by Crippen LogP contribution is -2.53. The molecule has 0 saturated heterocycles. The van der Waals surface area contributed by atoms with Gasteiger partial charge in [-0.05, 0) is 94.5 Å². The van der Waals surface area contributed by atoms with E-state index in [1.54, 1.807) is 58.0 Å². The van der Waals surface area contributed by atoms with Gasteiger partial charge in [-0.1, -0.05) is 18.2 Å². The quantitative estimate of drug-likeness (QED) is 0.397. The van der Waals surface area contributed by atoms with E-state index in [0.717, 1.165) is 22.3 Å². The molecule has 0 bridgehead atoms. The van der Waals surface area contributed by atoms with Gasteiger partial charge in [0.25, 0.3) is 0 Å². The van der Waals surface area contributed by atoms with E-state index in [1.807, 2.05) is 26.0 Å². The number of nitriles is 1. The van der Waals surface area contributed by atoms with Gasteiger partial charge in [-0.25, -0.2) is 4.79 Å². The number of aromatic hydroxyl groups is 1. The van der Waals surface area contributed by atoms with Gasteiger partial charge in [-0.15, -0.1) is 0 Å². The van der Waals surface area contributed by atoms with E-state index in [4.69, 9.17) is 10.00 Å². The third-order valence-electron chi connectivity index (χ3n) is 5.63. The van der Waals surface area contributed by atoms with Crippen molar-refractivity contribution in [1.29, 1.82) is 5.26 Å². The molecule has 38 heavy (non-hydrogen) atoms. The van der Waals surface area contributed by atoms with Crippen LogP contribution in [0.15, 0.2) is 48.7 Å². The molecule has 1 unspecified atom stereocenters. The van der Waals surface area contributed by atoms with Crippen molar-refractivity contribution in [3.63, 3.8) is 0 Å². The Morgan fingerprint density at radius 3 is 2.21 bits per heavy atom. The number of ether oxygens (including phenoxy) is 1. The number of rotatable bonds is 9. The average molecular weight is 521 g/mol. The Labute approximate surface area is 223 Å². The van der Waals surface area contributed by atoms with Crippen LogP contribution >= 0.6 is 0 Å². The van der Waals surface area contributed by atoms with Crippen molar-refractivity contribution in [2.24, 2.45) is 0 Å². The van der Waals surface area contributed by atoms with E-state index in [0.29, 0.717) is 12.0 Å². The lowest BCUT2D eigenvalue weighted by molar-refractivity contribution is -0.129. The van der Waals surface area contributed by atoms with Crippen LogP contribution in [0.4, 0.5) is 4.79 Å². The van der Waals surface area contributed by atoms with Gasteiger partial charge in [0.05, 0.1) is 11.6 Å². The number of allylic oxidation sites excluding steroid dienone is 1. The Morgan fingerprint density at radius 1 is 1.05 bits per heavy atom. The monoisotopic (exact) mass is 520 g/mol. The molecular weight excluding hydrogens is 484 g/mol. The minimum atomic E-state index is -1.02. The number of benzene rings is 2. The summed E-state index contributed by atoms with van der Waals surface area (Å²) in [6, 6.07) is 10.5. The maximum Gasteiger partial charge on any atom is 0.408 e. The number of hydrogen-bond donors (Lipinski definition) is 4. The van der Waals surface area contributed by atoms with Crippen LogP contribution in [0.5, 0.6) is 5.75 Å². The molecule has 2 aromatic rings. The first-order valence-corrected chi connectivity index (χ1v) is 12.3. The van der Waals surface area contributed by atoms with Crippen molar-refractivity contribution in [2.75, 3.05) is 0 Å². The second kappa shape index (κ2) is 13.3. The molecule has 9 heteroatoms. The first-order chi connectivity index (χ1) is 17.8. The summed E-state index contributed by atoms with van der Waals surface area (Å²) in [4.78, 5) is 38.2. The molecule has 0 fully saturated rings. The first kappa shape index (κ1) is 29.9. The largest absolute Gasteiger partial charge is 0.508 e. The van der Waals surface area contributed by atoms with Crippen LogP contribution in [0.2, 0.25) is 0 Å². The van der Waals surface area contributed by atoms with Crippen molar-refractivity contribution < 1.29 is 24.2 Å². The summed E-state index contributed by atoms with van der Waals surface area (Å²) in [7, 11) is 0. The highest BCUT2D eigenvalue weighted by molar-refractivity contribution is 5.91. The van der Waals surface area contributed by atoms with Gasteiger partial charge in [0.2, 0.25) is 11.8 Å². The normalized spacial score (nSPS) is 12.8. The minimum Gasteiger partial charge on any atom is -0.508 e. The van der Waals surface area contributed by atoms with Crippen LogP contribution in [-0.4, -0.2) is 40.7 Å². The zero-order valence-corrected chi connectivity index (χ0v) is 22.7. The molecule has 3 amide bonds. The molecule has 0 aliphatic rings. The third-order valence-corrected chi connectivity index (χ3v) is 5.63. The highest BCUT2D eigenvalue weighted by Gasteiger charge is 2.28. The van der Waals surface area contributed by atoms with Gasteiger partial charge >= 0.3 is 6.09 Å². The molecule has 0 heterocycles. The first-order valence-electron chi connectivity index (χ1n) is 12.3. The third kappa shape index (κ3) is 9.62. The van der Waals surface area contributed by atoms with Gasteiger partial charge in [-0.3, -0.25) is 9.59 Å². The van der Waals surface area contributed by atoms with E-state index < -0.39 is 35.6 Å². The zero-order valence-electron chi connectivity index (χ0n) is 22.7. The van der Waals surface area contributed by atoms with E-state index >= 15 is 0 Å². The van der Waals surface area contributed by atoms with Crippen LogP contribution in [0.1, 0.15) is 55.5 Å². The van der Waals surface area contributed by atoms with Gasteiger partial charge in [0, 0.05) is 12.6 Å². The van der Waals surface area contributed by atoms with Crippen molar-refractivity contribution in [1.82, 2.24) is 16.0 Å². The molecule has 202 valence electrons. The average Bonchev–Trinajstić information content (AvgIpc) is 2.82. The van der Waals surface area contributed by atoms with Crippen LogP contribution in [0.25, 0.3) is 0 Å². The van der Waals surface area contributed by atoms with Crippen molar-refractivity contribution in [2.45, 2.75) is 72.1 Å². The smallest absolute Gasteiger partial charge is 0.408 e. The number of amides is 3. The second-order valence-electron chi connectivity index (χ2n) is 10.1. The fourth-order valence-corrected chi connectivity index (χ4v) is 3.71. The molecule has 0 aliphatic carbocycles. The number of nitrogens with one attached hydrogen (secondary N) is 3. The summed E-state index contributed by atoms with van der Waals surface area (Å²) < 4.78 is 5.33. The summed E-state index contributed by atoms with van der Waals surface area (Å²) in [6.07, 6.45) is 3.20. The summed E-state index contributed by atoms with van der Waals surface area (Å²) in [5, 5.41) is 26.6. The number of carbonyl (C=O) groups is 3. The fourth-order valence-electron chi connectivity index (χ4n) is 3.71. The van der Waals surface area contributed by atoms with E-state index in [2.05, 4.69) is 22.0 Å². The predicted molar refractivity (Wildman–Crippen MR) is 144 cm³/mol. The van der Waals surface area contributed by atoms with Crippen LogP contribution in [-0.2, 0) is 27.2 Å². The number of nitrogens with zero attached hydrogens (tertiary/aromatic N) is 1. The van der Waals surface area contributed by atoms with Crippen molar-refractivity contribution >= 4 is 17.9 Å². The van der Waals surface area contributed by atoms with E-state index in [-0.39, 0.29) is 12.2 Å². The van der Waals surface area contributed by atoms with Crippen molar-refractivity contribution in [3.8, 4) is 11.8 Å². The standard InChI is InChI=1S/C29H36N4O5/c1-18-14-23(34)15-19(2)24(18)16-25(33-28(37)38-29(4,5)6)27(36)32-20(3)26(35)31-13-7-8-21-9-11-22(17-30)12-10-21/h7,9-15,20,25,34H,8,16H2,1-6H3,(H,31,35)(H,32,36)(H,33,37)/b13-7+/t20-,25?/m1/s1. The predicted octanol–water partition coefficient (Wildman–Crippen LogP) is 3.69. The highest BCUT2D eigenvalue weighted by atomic mass is 16.6. The molecule has 2 aromatic carbocycles. The summed E-state index contributed by atoms with van der Waals surface area (Å²) >= 11 is 0. The molecule has 0 spiro atoms. The molecule has 2 rings (SSSR count). The zero-order chi connectivity index (χ0) is 28.5. The maximum atomic E-state index is 13.2. The molecule has 0 radical (unpaired) electrons. The Kier molecular flexibility index (Phi) is 10.5. The molecule has 9 nitrogen and oxygen atoms in total. The molecule has 0 aliphatic heterocycles. The van der Waals surface area contributed by atoms with Gasteiger partial charge < -0.3 is 25.8 Å². The number of alkyl carbamates (subject to hydrolysis) is 1. The van der Waals surface area contributed by atoms with E-state index in [9.17, 15) is 19.5 Å². The molecule has 0 aromatic heterocycles. The Bertz CT molecular complexity index is 1200. The molecule has 2 atom stereocenters. The summed E-state index contributed by atoms with van der Waals surface area (Å²) in [6.45, 7) is 10.3. The van der Waals surface area contributed by atoms with Crippen LogP contribution in [0.3, 0.4) is 0 Å². The van der Waals surface area contributed by atoms with Crippen molar-refractivity contribution in [3.05, 3.63) is 76.5 Å². The topological polar surface area (TPSA) is 141 Å². The number of aryl methyl sites for hydroxylation is 2. The lowest BCUT2D eigenvalue weighted by Gasteiger charge is -2.25. The SMILES string of the molecule is Cc1cc(O)cc(C)c1CC(NC(=O)OC(C)(C)C)C(=O)N[C@H](C)C(=O)N/C=C/Cc1ccc(C#N)cc1. The second-order valence-corrected chi connectivity index (χ2v) is 10.1. The number of carbonyl (C=O) groups excluding carboxylic acids is 3. The maximum absolute atomic E-state index is 13.2. The Balaban J connectivity index is 2.05. The Hall–Kier alpha value is -4.32. The highest BCUT2D eigenvalue weighted by Crippen LogP contribution is 2.22. The number of phenols is 1. The molecule has 4 N–H and O–H groups in total. The summed E-state index contributed by atoms with van der Waals surface area (Å²) in [5.41, 5.74) is 3.13. The molecule has 0 saturated carbocycles. The summed E-state index contributed by atoms with van der Waals surface area (Å²) in [5.74, 6) is -0.864.